The molecule has 2 aromatic carbocycles. The molecule has 1 heterocycles. The van der Waals surface area contributed by atoms with E-state index in [9.17, 15) is 9.59 Å². The number of carbonyl (C=O) groups excluding carboxylic acids is 1. The number of likely N-dealkylation sites (tertiary alicyclic amines) is 1. The number of aliphatic carboxylic acids is 1. The molecule has 0 saturated carbocycles. The van der Waals surface area contributed by atoms with Gasteiger partial charge in [0.25, 0.3) is 0 Å². The van der Waals surface area contributed by atoms with Gasteiger partial charge in [0, 0.05) is 4.47 Å². The summed E-state index contributed by atoms with van der Waals surface area (Å²) in [5.74, 6) is -1.05. The first-order valence-electron chi connectivity index (χ1n) is 8.06. The molecule has 136 valence electrons. The summed E-state index contributed by atoms with van der Waals surface area (Å²) in [4.78, 5) is 24.7. The number of carbonyl (C=O) groups is 2. The maximum Gasteiger partial charge on any atom is 0.410 e. The molecule has 0 aliphatic carbocycles. The first kappa shape index (κ1) is 18.4. The van der Waals surface area contributed by atoms with Gasteiger partial charge >= 0.3 is 12.1 Å². The van der Waals surface area contributed by atoms with Crippen molar-refractivity contribution in [2.75, 3.05) is 19.7 Å². The molecule has 1 saturated heterocycles. The Morgan fingerprint density at radius 1 is 1.12 bits per heavy atom. The number of hydrogen-bond acceptors (Lipinski definition) is 4. The minimum atomic E-state index is -1.05. The Morgan fingerprint density at radius 3 is 2.50 bits per heavy atom. The fourth-order valence-corrected chi connectivity index (χ4v) is 3.24. The van der Waals surface area contributed by atoms with Crippen LogP contribution in [0.4, 0.5) is 4.79 Å². The van der Waals surface area contributed by atoms with Crippen LogP contribution >= 0.6 is 15.9 Å². The van der Waals surface area contributed by atoms with Crippen LogP contribution in [0.5, 0.6) is 0 Å². The van der Waals surface area contributed by atoms with E-state index in [0.29, 0.717) is 0 Å². The van der Waals surface area contributed by atoms with Gasteiger partial charge in [-0.25, -0.2) is 9.59 Å². The fraction of sp³-hybridized carbons (Fsp3) is 0.263. The van der Waals surface area contributed by atoms with Crippen LogP contribution in [0.2, 0.25) is 0 Å². The number of benzene rings is 2. The Bertz CT molecular complexity index is 790. The molecule has 2 aromatic rings. The molecule has 1 amide bonds. The summed E-state index contributed by atoms with van der Waals surface area (Å²) in [5, 5.41) is 8.94. The molecule has 0 radical (unpaired) electrons. The summed E-state index contributed by atoms with van der Waals surface area (Å²) in [7, 11) is 0. The minimum Gasteiger partial charge on any atom is -0.480 e. The van der Waals surface area contributed by atoms with E-state index >= 15 is 0 Å². The molecular weight excluding hydrogens is 402 g/mol. The standard InChI is InChI=1S/C19H18BrNO5/c20-16-8-4-7-15(9-16)19(26-11-17(22)23)12-21(13-19)18(24)25-10-14-5-2-1-3-6-14/h1-9H,10-13H2,(H,22,23). The van der Waals surface area contributed by atoms with Gasteiger partial charge in [0.1, 0.15) is 18.8 Å². The van der Waals surface area contributed by atoms with Gasteiger partial charge in [0.15, 0.2) is 0 Å². The van der Waals surface area contributed by atoms with Gasteiger partial charge < -0.3 is 19.5 Å². The Labute approximate surface area is 159 Å². The lowest BCUT2D eigenvalue weighted by Crippen LogP contribution is -2.63. The van der Waals surface area contributed by atoms with E-state index in [-0.39, 0.29) is 19.7 Å². The molecule has 1 aliphatic rings. The molecule has 6 nitrogen and oxygen atoms in total. The Morgan fingerprint density at radius 2 is 1.85 bits per heavy atom. The molecule has 1 N–H and O–H groups in total. The largest absolute Gasteiger partial charge is 0.480 e. The van der Waals surface area contributed by atoms with Crippen molar-refractivity contribution in [2.24, 2.45) is 0 Å². The smallest absolute Gasteiger partial charge is 0.410 e. The molecule has 0 aromatic heterocycles. The third-order valence-corrected chi connectivity index (χ3v) is 4.67. The van der Waals surface area contributed by atoms with E-state index in [4.69, 9.17) is 14.6 Å². The lowest BCUT2D eigenvalue weighted by atomic mass is 9.86. The second-order valence-corrected chi connectivity index (χ2v) is 7.00. The lowest BCUT2D eigenvalue weighted by molar-refractivity contribution is -0.168. The second kappa shape index (κ2) is 7.88. The molecule has 26 heavy (non-hydrogen) atoms. The number of carboxylic acids is 1. The van der Waals surface area contributed by atoms with Crippen LogP contribution in [-0.2, 0) is 26.5 Å². The molecule has 7 heteroatoms. The molecule has 0 bridgehead atoms. The van der Waals surface area contributed by atoms with Gasteiger partial charge in [-0.2, -0.15) is 0 Å². The predicted molar refractivity (Wildman–Crippen MR) is 97.6 cm³/mol. The molecule has 0 atom stereocenters. The predicted octanol–water partition coefficient (Wildman–Crippen LogP) is 3.40. The Kier molecular flexibility index (Phi) is 5.58. The van der Waals surface area contributed by atoms with Crippen LogP contribution in [0.3, 0.4) is 0 Å². The highest BCUT2D eigenvalue weighted by Gasteiger charge is 2.49. The maximum absolute atomic E-state index is 12.2. The van der Waals surface area contributed by atoms with Gasteiger partial charge in [-0.05, 0) is 23.3 Å². The summed E-state index contributed by atoms with van der Waals surface area (Å²) in [5.41, 5.74) is 0.885. The SMILES string of the molecule is O=C(O)COC1(c2cccc(Br)c2)CN(C(=O)OCc2ccccc2)C1. The Hall–Kier alpha value is -2.38. The summed E-state index contributed by atoms with van der Waals surface area (Å²) < 4.78 is 11.8. The first-order chi connectivity index (χ1) is 12.5. The first-order valence-corrected chi connectivity index (χ1v) is 8.85. The van der Waals surface area contributed by atoms with Crippen LogP contribution in [0.15, 0.2) is 59.1 Å². The molecule has 0 spiro atoms. The summed E-state index contributed by atoms with van der Waals surface area (Å²) in [6.07, 6.45) is -0.446. The monoisotopic (exact) mass is 419 g/mol. The fourth-order valence-electron chi connectivity index (χ4n) is 2.84. The molecule has 3 rings (SSSR count). The van der Waals surface area contributed by atoms with Crippen LogP contribution in [0, 0.1) is 0 Å². The van der Waals surface area contributed by atoms with Crippen LogP contribution in [0.25, 0.3) is 0 Å². The second-order valence-electron chi connectivity index (χ2n) is 6.08. The van der Waals surface area contributed by atoms with E-state index < -0.39 is 24.3 Å². The highest BCUT2D eigenvalue weighted by atomic mass is 79.9. The number of halogens is 1. The molecule has 1 aliphatic heterocycles. The van der Waals surface area contributed by atoms with Crippen molar-refractivity contribution in [2.45, 2.75) is 12.2 Å². The zero-order chi connectivity index (χ0) is 18.6. The number of rotatable bonds is 6. The third-order valence-electron chi connectivity index (χ3n) is 4.18. The summed E-state index contributed by atoms with van der Waals surface area (Å²) >= 11 is 3.41. The number of ether oxygens (including phenoxy) is 2. The zero-order valence-electron chi connectivity index (χ0n) is 13.9. The van der Waals surface area contributed by atoms with E-state index in [1.54, 1.807) is 0 Å². The number of carboxylic acid groups (broad SMARTS) is 1. The van der Waals surface area contributed by atoms with Crippen molar-refractivity contribution in [1.29, 1.82) is 0 Å². The van der Waals surface area contributed by atoms with Crippen molar-refractivity contribution < 1.29 is 24.2 Å². The third kappa shape index (κ3) is 4.23. The number of amides is 1. The van der Waals surface area contributed by atoms with Crippen molar-refractivity contribution >= 4 is 28.0 Å². The average molecular weight is 420 g/mol. The highest BCUT2D eigenvalue weighted by Crippen LogP contribution is 2.37. The molecule has 0 unspecified atom stereocenters. The molecular formula is C19H18BrNO5. The van der Waals surface area contributed by atoms with E-state index in [0.717, 1.165) is 15.6 Å². The highest BCUT2D eigenvalue weighted by molar-refractivity contribution is 9.10. The van der Waals surface area contributed by atoms with Crippen LogP contribution in [0.1, 0.15) is 11.1 Å². The summed E-state index contributed by atoms with van der Waals surface area (Å²) in [6.45, 7) is 0.240. The Balaban J connectivity index is 1.64. The minimum absolute atomic E-state index is 0.191. The number of nitrogens with zero attached hydrogens (tertiary/aromatic N) is 1. The zero-order valence-corrected chi connectivity index (χ0v) is 15.5. The summed E-state index contributed by atoms with van der Waals surface area (Å²) in [6, 6.07) is 16.9. The van der Waals surface area contributed by atoms with Crippen LogP contribution < -0.4 is 0 Å². The normalized spacial score (nSPS) is 15.2. The molecule has 1 fully saturated rings. The van der Waals surface area contributed by atoms with E-state index in [1.807, 2.05) is 54.6 Å². The van der Waals surface area contributed by atoms with Crippen molar-refractivity contribution in [3.8, 4) is 0 Å². The van der Waals surface area contributed by atoms with Crippen molar-refractivity contribution in [3.05, 3.63) is 70.2 Å². The van der Waals surface area contributed by atoms with E-state index in [2.05, 4.69) is 15.9 Å². The van der Waals surface area contributed by atoms with Gasteiger partial charge in [-0.3, -0.25) is 0 Å². The topological polar surface area (TPSA) is 76.1 Å². The van der Waals surface area contributed by atoms with Crippen LogP contribution in [-0.4, -0.2) is 41.8 Å². The quantitative estimate of drug-likeness (QED) is 0.776. The van der Waals surface area contributed by atoms with Crippen molar-refractivity contribution in [1.82, 2.24) is 4.90 Å². The lowest BCUT2D eigenvalue weighted by Gasteiger charge is -2.48. The van der Waals surface area contributed by atoms with E-state index in [1.165, 1.54) is 4.90 Å². The average Bonchev–Trinajstić information content (AvgIpc) is 2.59. The van der Waals surface area contributed by atoms with Gasteiger partial charge in [0.2, 0.25) is 0 Å². The maximum atomic E-state index is 12.2. The van der Waals surface area contributed by atoms with Gasteiger partial charge in [0.05, 0.1) is 13.1 Å². The van der Waals surface area contributed by atoms with Gasteiger partial charge in [-0.1, -0.05) is 58.4 Å². The van der Waals surface area contributed by atoms with Gasteiger partial charge in [-0.15, -0.1) is 0 Å². The van der Waals surface area contributed by atoms with Crippen molar-refractivity contribution in [3.63, 3.8) is 0 Å². The number of hydrogen-bond donors (Lipinski definition) is 1.